The second-order valence-electron chi connectivity index (χ2n) is 9.35. The molecule has 184 valence electrons. The van der Waals surface area contributed by atoms with Crippen LogP contribution in [-0.4, -0.2) is 61.9 Å². The molecule has 1 aliphatic rings. The second kappa shape index (κ2) is 10.7. The van der Waals surface area contributed by atoms with E-state index in [4.69, 9.17) is 4.98 Å². The van der Waals surface area contributed by atoms with E-state index >= 15 is 0 Å². The van der Waals surface area contributed by atoms with Crippen molar-refractivity contribution < 1.29 is 9.59 Å². The highest BCUT2D eigenvalue weighted by molar-refractivity contribution is 5.78. The zero-order chi connectivity index (χ0) is 24.9. The van der Waals surface area contributed by atoms with Crippen LogP contribution in [0.5, 0.6) is 0 Å². The molecule has 0 bridgehead atoms. The van der Waals surface area contributed by atoms with Crippen molar-refractivity contribution in [3.8, 4) is 5.95 Å². The summed E-state index contributed by atoms with van der Waals surface area (Å²) in [5.41, 5.74) is 3.25. The Morgan fingerprint density at radius 1 is 1.17 bits per heavy atom. The van der Waals surface area contributed by atoms with Crippen LogP contribution in [0.25, 0.3) is 5.95 Å². The average molecular weight is 476 g/mol. The lowest BCUT2D eigenvalue weighted by Crippen LogP contribution is -2.56. The Balaban J connectivity index is 1.58. The van der Waals surface area contributed by atoms with Gasteiger partial charge in [-0.3, -0.25) is 14.2 Å². The maximum atomic E-state index is 13.0. The van der Waals surface area contributed by atoms with E-state index in [1.165, 1.54) is 5.56 Å². The number of aryl methyl sites for hydroxylation is 1. The summed E-state index contributed by atoms with van der Waals surface area (Å²) in [5, 5.41) is 3.04. The number of carbonyl (C=O) groups is 2. The zero-order valence-corrected chi connectivity index (χ0v) is 20.8. The van der Waals surface area contributed by atoms with E-state index in [-0.39, 0.29) is 30.2 Å². The van der Waals surface area contributed by atoms with Crippen LogP contribution in [0.1, 0.15) is 49.8 Å². The maximum absolute atomic E-state index is 13.0. The van der Waals surface area contributed by atoms with Gasteiger partial charge >= 0.3 is 0 Å². The first-order valence-electron chi connectivity index (χ1n) is 12.0. The molecular weight excluding hydrogens is 442 g/mol. The predicted molar refractivity (Wildman–Crippen MR) is 134 cm³/mol. The summed E-state index contributed by atoms with van der Waals surface area (Å²) in [6.45, 7) is 9.94. The fourth-order valence-corrected chi connectivity index (χ4v) is 4.30. The molecular formula is C26H33N7O2. The van der Waals surface area contributed by atoms with Gasteiger partial charge in [-0.15, -0.1) is 0 Å². The van der Waals surface area contributed by atoms with Gasteiger partial charge in [0.1, 0.15) is 12.1 Å². The van der Waals surface area contributed by atoms with Crippen LogP contribution >= 0.6 is 0 Å². The summed E-state index contributed by atoms with van der Waals surface area (Å²) in [7, 11) is 0. The number of hydrogen-bond donors (Lipinski definition) is 1. The van der Waals surface area contributed by atoms with Crippen LogP contribution in [0.4, 0.5) is 5.82 Å². The number of carbonyl (C=O) groups excluding carboxylic acids is 2. The number of rotatable bonds is 7. The number of anilines is 1. The zero-order valence-electron chi connectivity index (χ0n) is 20.8. The lowest BCUT2D eigenvalue weighted by molar-refractivity contribution is -0.130. The van der Waals surface area contributed by atoms with Gasteiger partial charge in [0.25, 0.3) is 0 Å². The molecule has 0 aliphatic carbocycles. The second-order valence-corrected chi connectivity index (χ2v) is 9.35. The highest BCUT2D eigenvalue weighted by Gasteiger charge is 2.32. The van der Waals surface area contributed by atoms with Crippen molar-refractivity contribution in [2.24, 2.45) is 0 Å². The molecule has 1 aromatic carbocycles. The smallest absolute Gasteiger partial charge is 0.236 e. The van der Waals surface area contributed by atoms with Crippen LogP contribution in [0.2, 0.25) is 0 Å². The van der Waals surface area contributed by atoms with Crippen molar-refractivity contribution in [3.05, 3.63) is 65.9 Å². The topological polar surface area (TPSA) is 96.2 Å². The van der Waals surface area contributed by atoms with E-state index in [1.54, 1.807) is 35.1 Å². The average Bonchev–Trinajstić information content (AvgIpc) is 3.38. The van der Waals surface area contributed by atoms with Gasteiger partial charge in [0.15, 0.2) is 0 Å². The van der Waals surface area contributed by atoms with E-state index in [0.717, 1.165) is 16.9 Å². The van der Waals surface area contributed by atoms with Gasteiger partial charge < -0.3 is 15.1 Å². The normalized spacial score (nSPS) is 16.0. The Morgan fingerprint density at radius 3 is 2.60 bits per heavy atom. The molecule has 2 aromatic heterocycles. The summed E-state index contributed by atoms with van der Waals surface area (Å²) in [4.78, 5) is 42.7. The predicted octanol–water partition coefficient (Wildman–Crippen LogP) is 2.84. The number of piperazine rings is 1. The molecule has 2 amide bonds. The largest absolute Gasteiger partial charge is 0.352 e. The fraction of sp³-hybridized carbons (Fsp3) is 0.423. The molecule has 9 heteroatoms. The standard InChI is InChI=1S/C26H33N7O2/c1-18(2)23-15-29-26(32-10-9-27-17-32)30-25(23)33-12-11-31(20(4)34)16-22(33)13-24(35)28-14-21-7-5-19(3)6-8-21/h5-10,15,17-18,22H,11-14,16H2,1-4H3,(H,28,35). The van der Waals surface area contributed by atoms with Crippen molar-refractivity contribution in [1.29, 1.82) is 0 Å². The highest BCUT2D eigenvalue weighted by atomic mass is 16.2. The van der Waals surface area contributed by atoms with Crippen LogP contribution in [0.3, 0.4) is 0 Å². The Labute approximate surface area is 206 Å². The first-order chi connectivity index (χ1) is 16.8. The number of amides is 2. The summed E-state index contributed by atoms with van der Waals surface area (Å²) >= 11 is 0. The summed E-state index contributed by atoms with van der Waals surface area (Å²) < 4.78 is 1.77. The summed E-state index contributed by atoms with van der Waals surface area (Å²) in [5.74, 6) is 1.49. The molecule has 4 rings (SSSR count). The quantitative estimate of drug-likeness (QED) is 0.565. The molecule has 1 aliphatic heterocycles. The van der Waals surface area contributed by atoms with Crippen molar-refractivity contribution in [3.63, 3.8) is 0 Å². The molecule has 35 heavy (non-hydrogen) atoms. The highest BCUT2D eigenvalue weighted by Crippen LogP contribution is 2.29. The van der Waals surface area contributed by atoms with Crippen molar-refractivity contribution in [1.82, 2.24) is 29.7 Å². The van der Waals surface area contributed by atoms with E-state index in [2.05, 4.69) is 34.0 Å². The van der Waals surface area contributed by atoms with Crippen molar-refractivity contribution >= 4 is 17.6 Å². The van der Waals surface area contributed by atoms with E-state index in [1.807, 2.05) is 37.4 Å². The Bertz CT molecular complexity index is 1160. The Hall–Kier alpha value is -3.75. The van der Waals surface area contributed by atoms with E-state index in [9.17, 15) is 9.59 Å². The molecule has 1 unspecified atom stereocenters. The molecule has 9 nitrogen and oxygen atoms in total. The SMILES string of the molecule is CC(=O)N1CCN(c2nc(-n3ccnc3)ncc2C(C)C)C(CC(=O)NCc2ccc(C)cc2)C1. The molecule has 3 aromatic rings. The third-order valence-corrected chi connectivity index (χ3v) is 6.37. The van der Waals surface area contributed by atoms with Crippen LogP contribution < -0.4 is 10.2 Å². The van der Waals surface area contributed by atoms with Gasteiger partial charge in [-0.2, -0.15) is 4.98 Å². The number of imidazole rings is 1. The fourth-order valence-electron chi connectivity index (χ4n) is 4.30. The molecule has 1 N–H and O–H groups in total. The monoisotopic (exact) mass is 475 g/mol. The molecule has 0 saturated carbocycles. The van der Waals surface area contributed by atoms with E-state index < -0.39 is 0 Å². The Kier molecular flexibility index (Phi) is 7.43. The number of benzene rings is 1. The molecule has 1 atom stereocenters. The Morgan fingerprint density at radius 2 is 1.94 bits per heavy atom. The minimum Gasteiger partial charge on any atom is -0.352 e. The van der Waals surface area contributed by atoms with Gasteiger partial charge in [-0.1, -0.05) is 43.7 Å². The lowest BCUT2D eigenvalue weighted by atomic mass is 10.0. The number of nitrogens with zero attached hydrogens (tertiary/aromatic N) is 6. The molecule has 1 saturated heterocycles. The minimum absolute atomic E-state index is 0.0144. The molecule has 0 radical (unpaired) electrons. The molecule has 3 heterocycles. The minimum atomic E-state index is -0.200. The van der Waals surface area contributed by atoms with Crippen molar-refractivity contribution in [2.45, 2.75) is 52.6 Å². The van der Waals surface area contributed by atoms with E-state index in [0.29, 0.717) is 32.1 Å². The van der Waals surface area contributed by atoms with Crippen LogP contribution in [-0.2, 0) is 16.1 Å². The van der Waals surface area contributed by atoms with Gasteiger partial charge in [0, 0.05) is 63.7 Å². The van der Waals surface area contributed by atoms with Gasteiger partial charge in [-0.25, -0.2) is 9.97 Å². The molecule has 1 fully saturated rings. The summed E-state index contributed by atoms with van der Waals surface area (Å²) in [6, 6.07) is 7.92. The van der Waals surface area contributed by atoms with Gasteiger partial charge in [0.05, 0.1) is 6.04 Å². The summed E-state index contributed by atoms with van der Waals surface area (Å²) in [6.07, 6.45) is 7.27. The van der Waals surface area contributed by atoms with Crippen LogP contribution in [0, 0.1) is 6.92 Å². The van der Waals surface area contributed by atoms with Gasteiger partial charge in [0.2, 0.25) is 17.8 Å². The number of nitrogens with one attached hydrogen (secondary N) is 1. The third kappa shape index (κ3) is 5.85. The third-order valence-electron chi connectivity index (χ3n) is 6.37. The number of hydrogen-bond acceptors (Lipinski definition) is 6. The first kappa shape index (κ1) is 24.4. The number of aromatic nitrogens is 4. The van der Waals surface area contributed by atoms with Gasteiger partial charge in [-0.05, 0) is 18.4 Å². The lowest BCUT2D eigenvalue weighted by Gasteiger charge is -2.42. The van der Waals surface area contributed by atoms with Crippen LogP contribution in [0.15, 0.2) is 49.2 Å². The molecule has 0 spiro atoms. The maximum Gasteiger partial charge on any atom is 0.236 e. The first-order valence-corrected chi connectivity index (χ1v) is 12.0. The van der Waals surface area contributed by atoms with Crippen molar-refractivity contribution in [2.75, 3.05) is 24.5 Å².